The first-order chi connectivity index (χ1) is 12.5. The molecule has 1 aliphatic rings. The zero-order valence-corrected chi connectivity index (χ0v) is 16.4. The molecule has 0 saturated carbocycles. The fourth-order valence-corrected chi connectivity index (χ4v) is 4.61. The third-order valence-electron chi connectivity index (χ3n) is 4.75. The summed E-state index contributed by atoms with van der Waals surface area (Å²) in [5, 5.41) is 0. The van der Waals surface area contributed by atoms with Crippen LogP contribution in [-0.4, -0.2) is 38.4 Å². The number of pyridine rings is 1. The van der Waals surface area contributed by atoms with Crippen LogP contribution in [0.3, 0.4) is 0 Å². The van der Waals surface area contributed by atoms with Crippen LogP contribution in [0.15, 0.2) is 30.6 Å². The third kappa shape index (κ3) is 3.23. The van der Waals surface area contributed by atoms with E-state index in [9.17, 15) is 4.79 Å². The lowest BCUT2D eigenvalue weighted by molar-refractivity contribution is 0.0795. The van der Waals surface area contributed by atoms with Gasteiger partial charge in [0.15, 0.2) is 0 Å². The lowest BCUT2D eigenvalue weighted by Gasteiger charge is -2.17. The van der Waals surface area contributed by atoms with Crippen molar-refractivity contribution in [1.29, 1.82) is 0 Å². The Balaban J connectivity index is 1.61. The second-order valence-electron chi connectivity index (χ2n) is 7.18. The number of carbonyl (C=O) groups is 1. The molecule has 3 aromatic rings. The Kier molecular flexibility index (Phi) is 4.71. The van der Waals surface area contributed by atoms with Crippen LogP contribution in [0.1, 0.15) is 41.7 Å². The van der Waals surface area contributed by atoms with Crippen molar-refractivity contribution in [2.45, 2.75) is 32.7 Å². The highest BCUT2D eigenvalue weighted by molar-refractivity contribution is 7.17. The van der Waals surface area contributed by atoms with E-state index in [4.69, 9.17) is 16.6 Å². The molecule has 0 bridgehead atoms. The number of amides is 1. The number of hydrogen-bond donors (Lipinski definition) is 0. The van der Waals surface area contributed by atoms with Gasteiger partial charge in [0, 0.05) is 31.7 Å². The van der Waals surface area contributed by atoms with E-state index in [1.165, 1.54) is 11.3 Å². The number of rotatable bonds is 4. The molecule has 7 heteroatoms. The molecule has 1 atom stereocenters. The van der Waals surface area contributed by atoms with Gasteiger partial charge in [-0.1, -0.05) is 25.4 Å². The molecule has 1 saturated heterocycles. The minimum Gasteiger partial charge on any atom is -0.337 e. The molecular weight excluding hydrogens is 368 g/mol. The van der Waals surface area contributed by atoms with Gasteiger partial charge in [0.25, 0.3) is 5.91 Å². The van der Waals surface area contributed by atoms with E-state index in [0.29, 0.717) is 21.7 Å². The predicted octanol–water partition coefficient (Wildman–Crippen LogP) is 4.43. The van der Waals surface area contributed by atoms with Gasteiger partial charge in [0.05, 0.1) is 26.4 Å². The largest absolute Gasteiger partial charge is 0.337 e. The molecular formula is C19H21ClN4OS. The molecule has 26 heavy (non-hydrogen) atoms. The molecule has 1 fully saturated rings. The number of thiophene rings is 1. The molecule has 0 spiro atoms. The Bertz CT molecular complexity index is 948. The van der Waals surface area contributed by atoms with Crippen molar-refractivity contribution < 1.29 is 4.79 Å². The third-order valence-corrected chi connectivity index (χ3v) is 5.97. The summed E-state index contributed by atoms with van der Waals surface area (Å²) in [6, 6.07) is 5.55. The van der Waals surface area contributed by atoms with Crippen LogP contribution in [-0.2, 0) is 6.54 Å². The molecule has 0 N–H and O–H groups in total. The van der Waals surface area contributed by atoms with Gasteiger partial charge in [-0.2, -0.15) is 0 Å². The SMILES string of the molecule is CC(C)Cn1c([C@H]2CCN(C(=O)c3ccc(Cl)s3)C2)nc2ccncc21. The summed E-state index contributed by atoms with van der Waals surface area (Å²) in [5.74, 6) is 1.90. The monoisotopic (exact) mass is 388 g/mol. The van der Waals surface area contributed by atoms with Gasteiger partial charge in [-0.15, -0.1) is 11.3 Å². The van der Waals surface area contributed by atoms with Crippen molar-refractivity contribution in [2.75, 3.05) is 13.1 Å². The molecule has 5 nitrogen and oxygen atoms in total. The highest BCUT2D eigenvalue weighted by Crippen LogP contribution is 2.32. The smallest absolute Gasteiger partial charge is 0.263 e. The molecule has 0 unspecified atom stereocenters. The number of halogens is 1. The maximum absolute atomic E-state index is 12.7. The summed E-state index contributed by atoms with van der Waals surface area (Å²) in [7, 11) is 0. The van der Waals surface area contributed by atoms with Crippen LogP contribution in [0.5, 0.6) is 0 Å². The van der Waals surface area contributed by atoms with Gasteiger partial charge in [-0.3, -0.25) is 9.78 Å². The molecule has 1 aliphatic heterocycles. The van der Waals surface area contributed by atoms with Crippen LogP contribution in [0.2, 0.25) is 4.34 Å². The first-order valence-electron chi connectivity index (χ1n) is 8.87. The number of hydrogen-bond acceptors (Lipinski definition) is 4. The number of aromatic nitrogens is 3. The minimum atomic E-state index is 0.0672. The van der Waals surface area contributed by atoms with Gasteiger partial charge in [-0.05, 0) is 30.5 Å². The minimum absolute atomic E-state index is 0.0672. The zero-order valence-electron chi connectivity index (χ0n) is 14.9. The predicted molar refractivity (Wildman–Crippen MR) is 105 cm³/mol. The van der Waals surface area contributed by atoms with E-state index in [1.54, 1.807) is 12.3 Å². The van der Waals surface area contributed by atoms with Gasteiger partial charge in [0.1, 0.15) is 5.82 Å². The Morgan fingerprint density at radius 1 is 1.38 bits per heavy atom. The van der Waals surface area contributed by atoms with Crippen LogP contribution in [0, 0.1) is 5.92 Å². The van der Waals surface area contributed by atoms with Crippen LogP contribution in [0.4, 0.5) is 0 Å². The molecule has 136 valence electrons. The molecule has 0 radical (unpaired) electrons. The highest BCUT2D eigenvalue weighted by Gasteiger charge is 2.32. The van der Waals surface area contributed by atoms with Gasteiger partial charge < -0.3 is 9.47 Å². The van der Waals surface area contributed by atoms with Crippen molar-refractivity contribution in [3.05, 3.63) is 45.6 Å². The number of nitrogens with zero attached hydrogens (tertiary/aromatic N) is 4. The van der Waals surface area contributed by atoms with Gasteiger partial charge >= 0.3 is 0 Å². The van der Waals surface area contributed by atoms with Crippen molar-refractivity contribution >= 4 is 39.9 Å². The molecule has 4 heterocycles. The fourth-order valence-electron chi connectivity index (χ4n) is 3.60. The van der Waals surface area contributed by atoms with E-state index in [2.05, 4.69) is 23.4 Å². The maximum atomic E-state index is 12.7. The van der Waals surface area contributed by atoms with Gasteiger partial charge in [-0.25, -0.2) is 4.98 Å². The molecule has 0 aromatic carbocycles. The van der Waals surface area contributed by atoms with E-state index in [0.717, 1.165) is 36.4 Å². The molecule has 4 rings (SSSR count). The molecule has 0 aliphatic carbocycles. The first kappa shape index (κ1) is 17.5. The first-order valence-corrected chi connectivity index (χ1v) is 10.1. The number of fused-ring (bicyclic) bond motifs is 1. The summed E-state index contributed by atoms with van der Waals surface area (Å²) >= 11 is 7.32. The summed E-state index contributed by atoms with van der Waals surface area (Å²) in [6.07, 6.45) is 4.60. The van der Waals surface area contributed by atoms with E-state index < -0.39 is 0 Å². The summed E-state index contributed by atoms with van der Waals surface area (Å²) < 4.78 is 2.93. The average molecular weight is 389 g/mol. The van der Waals surface area contributed by atoms with Crippen molar-refractivity contribution in [3.63, 3.8) is 0 Å². The van der Waals surface area contributed by atoms with E-state index in [-0.39, 0.29) is 11.8 Å². The zero-order chi connectivity index (χ0) is 18.3. The Morgan fingerprint density at radius 3 is 2.96 bits per heavy atom. The van der Waals surface area contributed by atoms with E-state index in [1.807, 2.05) is 23.2 Å². The van der Waals surface area contributed by atoms with Crippen LogP contribution >= 0.6 is 22.9 Å². The molecule has 3 aromatic heterocycles. The second-order valence-corrected chi connectivity index (χ2v) is 8.89. The van der Waals surface area contributed by atoms with Crippen LogP contribution < -0.4 is 0 Å². The Morgan fingerprint density at radius 2 is 2.23 bits per heavy atom. The second kappa shape index (κ2) is 7.00. The van der Waals surface area contributed by atoms with Gasteiger partial charge in [0.2, 0.25) is 0 Å². The lowest BCUT2D eigenvalue weighted by Crippen LogP contribution is -2.28. The van der Waals surface area contributed by atoms with Crippen molar-refractivity contribution in [1.82, 2.24) is 19.4 Å². The average Bonchev–Trinajstić information content (AvgIpc) is 3.33. The lowest BCUT2D eigenvalue weighted by atomic mass is 10.1. The highest BCUT2D eigenvalue weighted by atomic mass is 35.5. The number of carbonyl (C=O) groups excluding carboxylic acids is 1. The van der Waals surface area contributed by atoms with E-state index >= 15 is 0 Å². The normalized spacial score (nSPS) is 17.5. The van der Waals surface area contributed by atoms with Crippen molar-refractivity contribution in [2.24, 2.45) is 5.92 Å². The van der Waals surface area contributed by atoms with Crippen LogP contribution in [0.25, 0.3) is 11.0 Å². The number of likely N-dealkylation sites (tertiary alicyclic amines) is 1. The van der Waals surface area contributed by atoms with Crippen molar-refractivity contribution in [3.8, 4) is 0 Å². The summed E-state index contributed by atoms with van der Waals surface area (Å²) in [4.78, 5) is 24.5. The fraction of sp³-hybridized carbons (Fsp3) is 0.421. The Hall–Kier alpha value is -1.92. The maximum Gasteiger partial charge on any atom is 0.263 e. The summed E-state index contributed by atoms with van der Waals surface area (Å²) in [5.41, 5.74) is 2.05. The topological polar surface area (TPSA) is 51.0 Å². The molecule has 1 amide bonds. The Labute approximate surface area is 161 Å². The quantitative estimate of drug-likeness (QED) is 0.664. The number of imidazole rings is 1. The summed E-state index contributed by atoms with van der Waals surface area (Å²) in [6.45, 7) is 6.77. The standard InChI is InChI=1S/C19H21ClN4OS/c1-12(2)10-24-15-9-21-7-5-14(15)22-18(24)13-6-8-23(11-13)19(25)16-3-4-17(20)26-16/h3-5,7,9,12-13H,6,8,10-11H2,1-2H3/t13-/m0/s1.